The first-order valence-corrected chi connectivity index (χ1v) is 4.39. The molecule has 0 unspecified atom stereocenters. The van der Waals surface area contributed by atoms with E-state index in [9.17, 15) is 13.6 Å². The van der Waals surface area contributed by atoms with Gasteiger partial charge in [-0.15, -0.1) is 10.2 Å². The number of hydrogen-bond donors (Lipinski definition) is 2. The number of hydrogen-bond acceptors (Lipinski definition) is 3. The van der Waals surface area contributed by atoms with E-state index in [1.807, 2.05) is 0 Å². The van der Waals surface area contributed by atoms with Crippen LogP contribution in [0.15, 0.2) is 16.9 Å². The van der Waals surface area contributed by atoms with Crippen molar-refractivity contribution >= 4 is 21.9 Å². The monoisotopic (exact) mass is 222 g/mol. The Kier molecular flexibility index (Phi) is 1.59. The van der Waals surface area contributed by atoms with E-state index in [0.717, 1.165) is 12.1 Å². The van der Waals surface area contributed by atoms with Gasteiger partial charge in [-0.1, -0.05) is 0 Å². The number of aromatic amines is 2. The minimum absolute atomic E-state index is 0.0444. The smallest absolute Gasteiger partial charge is 0.292 e. The van der Waals surface area contributed by atoms with Crippen LogP contribution in [0.5, 0.6) is 0 Å². The molecule has 1 aromatic carbocycles. The van der Waals surface area contributed by atoms with Crippen LogP contribution < -0.4 is 5.56 Å². The molecule has 0 atom stereocenters. The summed E-state index contributed by atoms with van der Waals surface area (Å²) in [5.74, 6) is -1.35. The van der Waals surface area contributed by atoms with E-state index in [1.54, 1.807) is 0 Å². The highest BCUT2D eigenvalue weighted by molar-refractivity contribution is 6.01. The third kappa shape index (κ3) is 0.992. The maximum absolute atomic E-state index is 13.5. The molecule has 0 amide bonds. The highest BCUT2D eigenvalue weighted by Gasteiger charge is 2.14. The van der Waals surface area contributed by atoms with Gasteiger partial charge in [0.25, 0.3) is 5.56 Å². The van der Waals surface area contributed by atoms with Gasteiger partial charge < -0.3 is 0 Å². The van der Waals surface area contributed by atoms with E-state index in [2.05, 4.69) is 20.4 Å². The summed E-state index contributed by atoms with van der Waals surface area (Å²) in [6, 6.07) is 1.94. The lowest BCUT2D eigenvalue weighted by atomic mass is 10.2. The zero-order valence-electron chi connectivity index (χ0n) is 7.71. The summed E-state index contributed by atoms with van der Waals surface area (Å²) in [7, 11) is 0. The van der Waals surface area contributed by atoms with Crippen molar-refractivity contribution in [3.05, 3.63) is 34.1 Å². The van der Waals surface area contributed by atoms with Crippen LogP contribution in [0.3, 0.4) is 0 Å². The van der Waals surface area contributed by atoms with Crippen LogP contribution in [-0.4, -0.2) is 20.4 Å². The van der Waals surface area contributed by atoms with Gasteiger partial charge in [-0.3, -0.25) is 15.0 Å². The maximum atomic E-state index is 13.5. The largest absolute Gasteiger partial charge is 0.295 e. The Balaban J connectivity index is 2.70. The van der Waals surface area contributed by atoms with Gasteiger partial charge in [-0.25, -0.2) is 8.78 Å². The van der Waals surface area contributed by atoms with Gasteiger partial charge in [0.2, 0.25) is 0 Å². The predicted octanol–water partition coefficient (Wildman–Crippen LogP) is 1.08. The Hall–Kier alpha value is -2.31. The number of nitrogens with zero attached hydrogens (tertiary/aromatic N) is 2. The van der Waals surface area contributed by atoms with Gasteiger partial charge in [0.05, 0.1) is 10.9 Å². The normalized spacial score (nSPS) is 11.4. The van der Waals surface area contributed by atoms with E-state index < -0.39 is 17.2 Å². The zero-order chi connectivity index (χ0) is 11.3. The lowest BCUT2D eigenvalue weighted by Crippen LogP contribution is -2.01. The molecular weight excluding hydrogens is 218 g/mol. The van der Waals surface area contributed by atoms with Crippen LogP contribution in [0.1, 0.15) is 0 Å². The molecule has 0 bridgehead atoms. The number of fused-ring (bicyclic) bond motifs is 3. The summed E-state index contributed by atoms with van der Waals surface area (Å²) < 4.78 is 26.9. The second kappa shape index (κ2) is 2.84. The van der Waals surface area contributed by atoms with E-state index >= 15 is 0 Å². The Morgan fingerprint density at radius 3 is 2.50 bits per heavy atom. The van der Waals surface area contributed by atoms with Crippen LogP contribution in [-0.2, 0) is 0 Å². The number of benzene rings is 1. The number of rotatable bonds is 0. The zero-order valence-corrected chi connectivity index (χ0v) is 7.71. The maximum Gasteiger partial charge on any atom is 0.292 e. The molecule has 2 aromatic heterocycles. The summed E-state index contributed by atoms with van der Waals surface area (Å²) in [5, 5.41) is 11.7. The minimum Gasteiger partial charge on any atom is -0.295 e. The van der Waals surface area contributed by atoms with Crippen LogP contribution in [0.2, 0.25) is 0 Å². The van der Waals surface area contributed by atoms with Gasteiger partial charge in [0, 0.05) is 0 Å². The first-order chi connectivity index (χ1) is 7.68. The molecule has 3 rings (SSSR count). The summed E-state index contributed by atoms with van der Waals surface area (Å²) in [5.41, 5.74) is -0.653. The first-order valence-electron chi connectivity index (χ1n) is 4.39. The SMILES string of the molecule is O=c1[nH][nH]c2c1nnc1c(F)ccc(F)c12. The molecule has 5 nitrogen and oxygen atoms in total. The summed E-state index contributed by atoms with van der Waals surface area (Å²) in [6.45, 7) is 0. The Bertz CT molecular complexity index is 761. The van der Waals surface area contributed by atoms with Crippen LogP contribution in [0, 0.1) is 11.6 Å². The Labute approximate surface area is 86.1 Å². The van der Waals surface area contributed by atoms with Crippen molar-refractivity contribution in [3.63, 3.8) is 0 Å². The van der Waals surface area contributed by atoms with Gasteiger partial charge >= 0.3 is 0 Å². The first kappa shape index (κ1) is 8.96. The lowest BCUT2D eigenvalue weighted by Gasteiger charge is -1.99. The third-order valence-electron chi connectivity index (χ3n) is 2.33. The van der Waals surface area contributed by atoms with Crippen molar-refractivity contribution in [2.24, 2.45) is 0 Å². The summed E-state index contributed by atoms with van der Waals surface area (Å²) in [4.78, 5) is 11.2. The topological polar surface area (TPSA) is 74.4 Å². The molecule has 16 heavy (non-hydrogen) atoms. The average molecular weight is 222 g/mol. The van der Waals surface area contributed by atoms with E-state index in [1.165, 1.54) is 0 Å². The molecule has 0 aliphatic rings. The fourth-order valence-corrected chi connectivity index (χ4v) is 1.60. The van der Waals surface area contributed by atoms with Gasteiger partial charge in [-0.05, 0) is 12.1 Å². The summed E-state index contributed by atoms with van der Waals surface area (Å²) in [6.07, 6.45) is 0. The second-order valence-electron chi connectivity index (χ2n) is 3.26. The Morgan fingerprint density at radius 2 is 1.69 bits per heavy atom. The van der Waals surface area contributed by atoms with E-state index in [0.29, 0.717) is 0 Å². The molecule has 0 spiro atoms. The van der Waals surface area contributed by atoms with Gasteiger partial charge in [0.15, 0.2) is 11.3 Å². The molecule has 0 aliphatic carbocycles. The predicted molar refractivity (Wildman–Crippen MR) is 51.9 cm³/mol. The van der Waals surface area contributed by atoms with Gasteiger partial charge in [0.1, 0.15) is 11.3 Å². The minimum atomic E-state index is -0.687. The van der Waals surface area contributed by atoms with Crippen molar-refractivity contribution < 1.29 is 8.78 Å². The van der Waals surface area contributed by atoms with Crippen molar-refractivity contribution in [3.8, 4) is 0 Å². The van der Waals surface area contributed by atoms with Crippen LogP contribution in [0.25, 0.3) is 21.9 Å². The van der Waals surface area contributed by atoms with Crippen LogP contribution in [0.4, 0.5) is 8.78 Å². The molecule has 0 fully saturated rings. The molecule has 7 heteroatoms. The molecule has 0 saturated heterocycles. The molecule has 3 aromatic rings. The molecule has 0 saturated carbocycles. The highest BCUT2D eigenvalue weighted by Crippen LogP contribution is 2.23. The highest BCUT2D eigenvalue weighted by atomic mass is 19.1. The molecule has 0 aliphatic heterocycles. The molecule has 80 valence electrons. The van der Waals surface area contributed by atoms with Crippen molar-refractivity contribution in [1.29, 1.82) is 0 Å². The molecule has 2 heterocycles. The number of halogens is 2. The van der Waals surface area contributed by atoms with E-state index in [4.69, 9.17) is 0 Å². The number of nitrogens with one attached hydrogen (secondary N) is 2. The molecular formula is C9H4F2N4O. The summed E-state index contributed by atoms with van der Waals surface area (Å²) >= 11 is 0. The van der Waals surface area contributed by atoms with Crippen LogP contribution >= 0.6 is 0 Å². The van der Waals surface area contributed by atoms with Crippen molar-refractivity contribution in [1.82, 2.24) is 20.4 Å². The van der Waals surface area contributed by atoms with Crippen molar-refractivity contribution in [2.75, 3.05) is 0 Å². The van der Waals surface area contributed by atoms with Crippen molar-refractivity contribution in [2.45, 2.75) is 0 Å². The number of H-pyrrole nitrogens is 2. The average Bonchev–Trinajstić information content (AvgIpc) is 2.66. The fraction of sp³-hybridized carbons (Fsp3) is 0. The quantitative estimate of drug-likeness (QED) is 0.597. The Morgan fingerprint density at radius 1 is 1.00 bits per heavy atom. The fourth-order valence-electron chi connectivity index (χ4n) is 1.60. The molecule has 2 N–H and O–H groups in total. The number of aromatic nitrogens is 4. The third-order valence-corrected chi connectivity index (χ3v) is 2.33. The van der Waals surface area contributed by atoms with Gasteiger partial charge in [-0.2, -0.15) is 0 Å². The van der Waals surface area contributed by atoms with E-state index in [-0.39, 0.29) is 21.9 Å². The second-order valence-corrected chi connectivity index (χ2v) is 3.26. The lowest BCUT2D eigenvalue weighted by molar-refractivity contribution is 0.614. The standard InChI is InChI=1S/C9H4F2N4O/c10-3-1-2-4(11)6-5(3)7-8(14-12-6)9(16)15-13-7/h1-2H,(H2,13,15,16). The molecule has 0 radical (unpaired) electrons.